The van der Waals surface area contributed by atoms with Crippen molar-refractivity contribution in [1.82, 2.24) is 9.78 Å². The molecule has 0 saturated carbocycles. The van der Waals surface area contributed by atoms with Crippen molar-refractivity contribution in [3.05, 3.63) is 71.0 Å². The van der Waals surface area contributed by atoms with E-state index in [9.17, 15) is 4.79 Å². The van der Waals surface area contributed by atoms with Gasteiger partial charge in [-0.1, -0.05) is 25.1 Å². The Bertz CT molecular complexity index is 1080. The van der Waals surface area contributed by atoms with E-state index in [0.29, 0.717) is 18.8 Å². The van der Waals surface area contributed by atoms with Gasteiger partial charge in [-0.15, -0.1) is 0 Å². The molecule has 5 rings (SSSR count). The number of ether oxygens (including phenoxy) is 3. The SMILES string of the molecule is CCc1cccc(NC(=O)c2cc3n(n2)C[C@@H](c2ccc4c(c2)OCO4)OC3)c1. The molecule has 2 aliphatic rings. The fourth-order valence-electron chi connectivity index (χ4n) is 3.62. The average Bonchev–Trinajstić information content (AvgIpc) is 3.39. The molecular formula is C22H21N3O4. The van der Waals surface area contributed by atoms with Crippen LogP contribution in [0.25, 0.3) is 0 Å². The van der Waals surface area contributed by atoms with Crippen LogP contribution in [-0.2, 0) is 24.3 Å². The lowest BCUT2D eigenvalue weighted by molar-refractivity contribution is -0.00127. The molecule has 3 aromatic rings. The van der Waals surface area contributed by atoms with Gasteiger partial charge < -0.3 is 19.5 Å². The van der Waals surface area contributed by atoms with Crippen LogP contribution in [0.2, 0.25) is 0 Å². The van der Waals surface area contributed by atoms with Crippen molar-refractivity contribution in [3.8, 4) is 11.5 Å². The zero-order valence-electron chi connectivity index (χ0n) is 16.1. The molecule has 0 spiro atoms. The molecule has 1 aromatic heterocycles. The molecule has 7 nitrogen and oxygen atoms in total. The topological polar surface area (TPSA) is 74.6 Å². The fourth-order valence-corrected chi connectivity index (χ4v) is 3.62. The molecule has 1 amide bonds. The number of benzene rings is 2. The Hall–Kier alpha value is -3.32. The number of hydrogen-bond acceptors (Lipinski definition) is 5. The van der Waals surface area contributed by atoms with E-state index in [4.69, 9.17) is 14.2 Å². The molecule has 0 radical (unpaired) electrons. The van der Waals surface area contributed by atoms with Gasteiger partial charge in [0.15, 0.2) is 17.2 Å². The van der Waals surface area contributed by atoms with Crippen LogP contribution in [-0.4, -0.2) is 22.5 Å². The van der Waals surface area contributed by atoms with E-state index in [-0.39, 0.29) is 18.8 Å². The quantitative estimate of drug-likeness (QED) is 0.734. The predicted octanol–water partition coefficient (Wildman–Crippen LogP) is 3.70. The summed E-state index contributed by atoms with van der Waals surface area (Å²) in [6.07, 6.45) is 0.759. The van der Waals surface area contributed by atoms with Crippen LogP contribution in [0.1, 0.15) is 40.3 Å². The number of aryl methyl sites for hydroxylation is 1. The van der Waals surface area contributed by atoms with E-state index in [1.54, 1.807) is 6.07 Å². The van der Waals surface area contributed by atoms with Gasteiger partial charge in [0, 0.05) is 5.69 Å². The number of amides is 1. The number of nitrogens with zero attached hydrogens (tertiary/aromatic N) is 2. The van der Waals surface area contributed by atoms with Crippen molar-refractivity contribution < 1.29 is 19.0 Å². The molecule has 0 fully saturated rings. The predicted molar refractivity (Wildman–Crippen MR) is 106 cm³/mol. The van der Waals surface area contributed by atoms with E-state index < -0.39 is 0 Å². The lowest BCUT2D eigenvalue weighted by atomic mass is 10.1. The van der Waals surface area contributed by atoms with Gasteiger partial charge >= 0.3 is 0 Å². The second-order valence-electron chi connectivity index (χ2n) is 7.12. The lowest BCUT2D eigenvalue weighted by Gasteiger charge is -2.24. The van der Waals surface area contributed by atoms with Gasteiger partial charge in [0.2, 0.25) is 6.79 Å². The van der Waals surface area contributed by atoms with Crippen molar-refractivity contribution in [3.63, 3.8) is 0 Å². The van der Waals surface area contributed by atoms with E-state index in [1.165, 1.54) is 5.56 Å². The Morgan fingerprint density at radius 2 is 2.07 bits per heavy atom. The first-order chi connectivity index (χ1) is 14.2. The monoisotopic (exact) mass is 391 g/mol. The molecule has 2 aliphatic heterocycles. The maximum atomic E-state index is 12.7. The first-order valence-electron chi connectivity index (χ1n) is 9.68. The van der Waals surface area contributed by atoms with Crippen LogP contribution in [0.3, 0.4) is 0 Å². The summed E-state index contributed by atoms with van der Waals surface area (Å²) in [6, 6.07) is 15.4. The lowest BCUT2D eigenvalue weighted by Crippen LogP contribution is -2.22. The van der Waals surface area contributed by atoms with Crippen LogP contribution in [0, 0.1) is 0 Å². The molecule has 29 heavy (non-hydrogen) atoms. The third-order valence-electron chi connectivity index (χ3n) is 5.23. The molecule has 1 atom stereocenters. The molecule has 7 heteroatoms. The molecule has 3 heterocycles. The third kappa shape index (κ3) is 3.45. The molecule has 1 N–H and O–H groups in total. The van der Waals surface area contributed by atoms with Crippen LogP contribution < -0.4 is 14.8 Å². The van der Waals surface area contributed by atoms with Gasteiger partial charge in [0.05, 0.1) is 18.8 Å². The molecule has 0 saturated heterocycles. The molecule has 0 aliphatic carbocycles. The Balaban J connectivity index is 1.32. The largest absolute Gasteiger partial charge is 0.454 e. The van der Waals surface area contributed by atoms with Crippen LogP contribution in [0.5, 0.6) is 11.5 Å². The van der Waals surface area contributed by atoms with Gasteiger partial charge in [-0.05, 0) is 47.9 Å². The Morgan fingerprint density at radius 1 is 1.17 bits per heavy atom. The maximum absolute atomic E-state index is 12.7. The van der Waals surface area contributed by atoms with E-state index in [2.05, 4.69) is 17.3 Å². The van der Waals surface area contributed by atoms with Crippen molar-refractivity contribution in [1.29, 1.82) is 0 Å². The number of anilines is 1. The normalized spacial score (nSPS) is 17.1. The summed E-state index contributed by atoms with van der Waals surface area (Å²) < 4.78 is 18.7. The highest BCUT2D eigenvalue weighted by Gasteiger charge is 2.26. The van der Waals surface area contributed by atoms with Gasteiger partial charge in [-0.25, -0.2) is 0 Å². The van der Waals surface area contributed by atoms with Gasteiger partial charge in [0.1, 0.15) is 6.10 Å². The van der Waals surface area contributed by atoms with E-state index in [1.807, 2.05) is 47.1 Å². The molecule has 2 aromatic carbocycles. The number of nitrogens with one attached hydrogen (secondary N) is 1. The maximum Gasteiger partial charge on any atom is 0.276 e. The number of aromatic nitrogens is 2. The first-order valence-corrected chi connectivity index (χ1v) is 9.68. The molecule has 0 bridgehead atoms. The second-order valence-corrected chi connectivity index (χ2v) is 7.12. The van der Waals surface area contributed by atoms with Crippen LogP contribution >= 0.6 is 0 Å². The third-order valence-corrected chi connectivity index (χ3v) is 5.23. The second kappa shape index (κ2) is 7.25. The minimum Gasteiger partial charge on any atom is -0.454 e. The highest BCUT2D eigenvalue weighted by molar-refractivity contribution is 6.02. The highest BCUT2D eigenvalue weighted by Crippen LogP contribution is 2.36. The number of carbonyl (C=O) groups is 1. The highest BCUT2D eigenvalue weighted by atomic mass is 16.7. The number of fused-ring (bicyclic) bond motifs is 2. The Kier molecular flexibility index (Phi) is 4.44. The minimum absolute atomic E-state index is 0.158. The number of carbonyl (C=O) groups excluding carboxylic acids is 1. The van der Waals surface area contributed by atoms with Gasteiger partial charge in [0.25, 0.3) is 5.91 Å². The summed E-state index contributed by atoms with van der Waals surface area (Å²) in [5.74, 6) is 1.25. The summed E-state index contributed by atoms with van der Waals surface area (Å²) in [6.45, 7) is 3.26. The zero-order valence-corrected chi connectivity index (χ0v) is 16.1. The molecule has 0 unspecified atom stereocenters. The molecule has 148 valence electrons. The Morgan fingerprint density at radius 3 is 2.97 bits per heavy atom. The Labute approximate surface area is 168 Å². The van der Waals surface area contributed by atoms with E-state index >= 15 is 0 Å². The van der Waals surface area contributed by atoms with Crippen molar-refractivity contribution >= 4 is 11.6 Å². The molecular weight excluding hydrogens is 370 g/mol. The smallest absolute Gasteiger partial charge is 0.276 e. The van der Waals surface area contributed by atoms with E-state index in [0.717, 1.165) is 34.9 Å². The van der Waals surface area contributed by atoms with Gasteiger partial charge in [-0.2, -0.15) is 5.10 Å². The minimum atomic E-state index is -0.222. The standard InChI is InChI=1S/C22H21N3O4/c1-2-14-4-3-5-16(8-14)23-22(26)18-10-17-12-27-21(11-25(17)24-18)15-6-7-19-20(9-15)29-13-28-19/h3-10,21H,2,11-13H2,1H3,(H,23,26)/t21-/m0/s1. The van der Waals surface area contributed by atoms with Crippen LogP contribution in [0.15, 0.2) is 48.5 Å². The summed E-state index contributed by atoms with van der Waals surface area (Å²) >= 11 is 0. The number of rotatable bonds is 4. The van der Waals surface area contributed by atoms with Gasteiger partial charge in [-0.3, -0.25) is 9.48 Å². The van der Waals surface area contributed by atoms with Crippen molar-refractivity contribution in [2.45, 2.75) is 32.6 Å². The first kappa shape index (κ1) is 17.8. The summed E-state index contributed by atoms with van der Waals surface area (Å²) in [7, 11) is 0. The number of hydrogen-bond donors (Lipinski definition) is 1. The van der Waals surface area contributed by atoms with Crippen molar-refractivity contribution in [2.24, 2.45) is 0 Å². The fraction of sp³-hybridized carbons (Fsp3) is 0.273. The van der Waals surface area contributed by atoms with Crippen molar-refractivity contribution in [2.75, 3.05) is 12.1 Å². The summed E-state index contributed by atoms with van der Waals surface area (Å²) in [5.41, 5.74) is 4.21. The summed E-state index contributed by atoms with van der Waals surface area (Å²) in [4.78, 5) is 12.7. The summed E-state index contributed by atoms with van der Waals surface area (Å²) in [5, 5.41) is 7.43. The van der Waals surface area contributed by atoms with Crippen LogP contribution in [0.4, 0.5) is 5.69 Å². The zero-order chi connectivity index (χ0) is 19.8. The average molecular weight is 391 g/mol.